The van der Waals surface area contributed by atoms with Crippen molar-refractivity contribution in [3.8, 4) is 5.75 Å². The molecule has 1 aromatic heterocycles. The summed E-state index contributed by atoms with van der Waals surface area (Å²) in [6, 6.07) is 7.02. The number of hydrogen-bond acceptors (Lipinski definition) is 5. The fourth-order valence-corrected chi connectivity index (χ4v) is 4.54. The zero-order valence-corrected chi connectivity index (χ0v) is 12.7. The number of phenols is 1. The average molecular weight is 327 g/mol. The molecule has 2 rings (SSSR count). The molecule has 0 aliphatic heterocycles. The number of aromatic hydroxyl groups is 1. The van der Waals surface area contributed by atoms with Crippen molar-refractivity contribution < 1.29 is 23.4 Å². The second kappa shape index (κ2) is 5.74. The van der Waals surface area contributed by atoms with Gasteiger partial charge in [-0.2, -0.15) is 0 Å². The Morgan fingerprint density at radius 2 is 2.05 bits per heavy atom. The summed E-state index contributed by atoms with van der Waals surface area (Å²) in [7, 11) is -3.86. The van der Waals surface area contributed by atoms with Crippen LogP contribution in [0.25, 0.3) is 0 Å². The quantitative estimate of drug-likeness (QED) is 0.879. The molecule has 1 heterocycles. The summed E-state index contributed by atoms with van der Waals surface area (Å²) < 4.78 is 26.2. The van der Waals surface area contributed by atoms with Crippen molar-refractivity contribution in [2.45, 2.75) is 11.1 Å². The molecular weight excluding hydrogens is 314 g/mol. The van der Waals surface area contributed by atoms with Crippen LogP contribution in [0.1, 0.15) is 17.3 Å². The summed E-state index contributed by atoms with van der Waals surface area (Å²) in [4.78, 5) is 10.9. The van der Waals surface area contributed by atoms with Crippen molar-refractivity contribution in [1.82, 2.24) is 0 Å². The standard InChI is InChI=1S/C13H13NO5S2/c1-2-14(10-4-3-5-11(15)7-10)21(18,19)12-6-9(8-20-12)13(16)17/h3-8,15H,2H2,1H3,(H,16,17). The molecule has 0 atom stereocenters. The summed E-state index contributed by atoms with van der Waals surface area (Å²) in [5.41, 5.74) is 0.258. The fraction of sp³-hybridized carbons (Fsp3) is 0.154. The van der Waals surface area contributed by atoms with E-state index < -0.39 is 16.0 Å². The van der Waals surface area contributed by atoms with Gasteiger partial charge in [0.15, 0.2) is 0 Å². The molecule has 112 valence electrons. The first kappa shape index (κ1) is 15.3. The van der Waals surface area contributed by atoms with Crippen LogP contribution in [0.3, 0.4) is 0 Å². The van der Waals surface area contributed by atoms with Crippen LogP contribution in [0.4, 0.5) is 5.69 Å². The molecule has 0 saturated carbocycles. The van der Waals surface area contributed by atoms with Crippen LogP contribution in [0.5, 0.6) is 5.75 Å². The average Bonchev–Trinajstić information content (AvgIpc) is 2.89. The van der Waals surface area contributed by atoms with Crippen LogP contribution in [0.2, 0.25) is 0 Å². The maximum absolute atomic E-state index is 12.6. The van der Waals surface area contributed by atoms with E-state index in [0.29, 0.717) is 5.69 Å². The lowest BCUT2D eigenvalue weighted by molar-refractivity contribution is 0.0697. The van der Waals surface area contributed by atoms with Gasteiger partial charge in [0.25, 0.3) is 10.0 Å². The van der Waals surface area contributed by atoms with Crippen LogP contribution in [0, 0.1) is 0 Å². The zero-order valence-electron chi connectivity index (χ0n) is 11.1. The Morgan fingerprint density at radius 3 is 2.57 bits per heavy atom. The molecular formula is C13H13NO5S2. The molecule has 8 heteroatoms. The Bertz CT molecular complexity index is 766. The first-order valence-electron chi connectivity index (χ1n) is 6.00. The van der Waals surface area contributed by atoms with Gasteiger partial charge in [0, 0.05) is 18.0 Å². The number of carbonyl (C=O) groups is 1. The number of anilines is 1. The number of nitrogens with zero attached hydrogens (tertiary/aromatic N) is 1. The van der Waals surface area contributed by atoms with Gasteiger partial charge in [-0.05, 0) is 25.1 Å². The smallest absolute Gasteiger partial charge is 0.336 e. The molecule has 0 aliphatic carbocycles. The minimum Gasteiger partial charge on any atom is -0.508 e. The van der Waals surface area contributed by atoms with Crippen LogP contribution >= 0.6 is 11.3 Å². The number of rotatable bonds is 5. The van der Waals surface area contributed by atoms with Crippen molar-refractivity contribution in [3.63, 3.8) is 0 Å². The first-order chi connectivity index (χ1) is 9.86. The Hall–Kier alpha value is -2.06. The van der Waals surface area contributed by atoms with Crippen LogP contribution in [0.15, 0.2) is 39.9 Å². The van der Waals surface area contributed by atoms with Crippen molar-refractivity contribution >= 4 is 33.0 Å². The number of sulfonamides is 1. The molecule has 1 aromatic carbocycles. The Labute approximate surface area is 125 Å². The molecule has 0 aliphatic rings. The van der Waals surface area contributed by atoms with E-state index in [-0.39, 0.29) is 22.1 Å². The number of carboxylic acid groups (broad SMARTS) is 1. The highest BCUT2D eigenvalue weighted by Gasteiger charge is 2.26. The maximum Gasteiger partial charge on any atom is 0.336 e. The van der Waals surface area contributed by atoms with Gasteiger partial charge in [-0.25, -0.2) is 13.2 Å². The number of carboxylic acids is 1. The third-order valence-corrected chi connectivity index (χ3v) is 6.09. The summed E-state index contributed by atoms with van der Waals surface area (Å²) in [5, 5.41) is 19.6. The lowest BCUT2D eigenvalue weighted by atomic mass is 10.3. The number of benzene rings is 1. The minimum atomic E-state index is -3.86. The van der Waals surface area contributed by atoms with Gasteiger partial charge in [-0.3, -0.25) is 4.31 Å². The Kier molecular flexibility index (Phi) is 4.19. The van der Waals surface area contributed by atoms with Crippen molar-refractivity contribution in [2.75, 3.05) is 10.8 Å². The molecule has 0 unspecified atom stereocenters. The van der Waals surface area contributed by atoms with E-state index >= 15 is 0 Å². The molecule has 6 nitrogen and oxygen atoms in total. The summed E-state index contributed by atoms with van der Waals surface area (Å²) in [5.74, 6) is -1.22. The summed E-state index contributed by atoms with van der Waals surface area (Å²) in [6.07, 6.45) is 0. The summed E-state index contributed by atoms with van der Waals surface area (Å²) >= 11 is 0.854. The van der Waals surface area contributed by atoms with E-state index in [9.17, 15) is 18.3 Å². The molecule has 0 saturated heterocycles. The monoisotopic (exact) mass is 327 g/mol. The SMILES string of the molecule is CCN(c1cccc(O)c1)S(=O)(=O)c1cc(C(=O)O)cs1. The van der Waals surface area contributed by atoms with E-state index in [1.54, 1.807) is 19.1 Å². The molecule has 0 radical (unpaired) electrons. The van der Waals surface area contributed by atoms with Gasteiger partial charge in [0.2, 0.25) is 0 Å². The fourth-order valence-electron chi connectivity index (χ4n) is 1.81. The number of aromatic carboxylic acids is 1. The Balaban J connectivity index is 2.46. The third kappa shape index (κ3) is 3.01. The van der Waals surface area contributed by atoms with Gasteiger partial charge in [-0.1, -0.05) is 6.07 Å². The number of thiophene rings is 1. The van der Waals surface area contributed by atoms with E-state index in [1.807, 2.05) is 0 Å². The zero-order chi connectivity index (χ0) is 15.6. The van der Waals surface area contributed by atoms with Gasteiger partial charge in [0.1, 0.15) is 9.96 Å². The lowest BCUT2D eigenvalue weighted by Gasteiger charge is -2.22. The lowest BCUT2D eigenvalue weighted by Crippen LogP contribution is -2.30. The first-order valence-corrected chi connectivity index (χ1v) is 8.32. The molecule has 0 fully saturated rings. The second-order valence-electron chi connectivity index (χ2n) is 4.15. The second-order valence-corrected chi connectivity index (χ2v) is 7.15. The Morgan fingerprint density at radius 1 is 1.33 bits per heavy atom. The topological polar surface area (TPSA) is 94.9 Å². The largest absolute Gasteiger partial charge is 0.508 e. The van der Waals surface area contributed by atoms with Gasteiger partial charge >= 0.3 is 5.97 Å². The van der Waals surface area contributed by atoms with E-state index in [2.05, 4.69) is 0 Å². The van der Waals surface area contributed by atoms with Crippen LogP contribution < -0.4 is 4.31 Å². The summed E-state index contributed by atoms with van der Waals surface area (Å²) in [6.45, 7) is 1.82. The van der Waals surface area contributed by atoms with Gasteiger partial charge < -0.3 is 10.2 Å². The minimum absolute atomic E-state index is 0.0430. The van der Waals surface area contributed by atoms with E-state index in [1.165, 1.54) is 17.5 Å². The predicted octanol–water partition coefficient (Wildman–Crippen LogP) is 2.37. The molecule has 2 N–H and O–H groups in total. The highest BCUT2D eigenvalue weighted by molar-refractivity contribution is 7.94. The van der Waals surface area contributed by atoms with Gasteiger partial charge in [0.05, 0.1) is 11.3 Å². The predicted molar refractivity (Wildman–Crippen MR) is 79.6 cm³/mol. The van der Waals surface area contributed by atoms with Crippen LogP contribution in [-0.4, -0.2) is 31.1 Å². The normalized spacial score (nSPS) is 11.3. The van der Waals surface area contributed by atoms with E-state index in [0.717, 1.165) is 21.7 Å². The third-order valence-electron chi connectivity index (χ3n) is 2.77. The molecule has 2 aromatic rings. The van der Waals surface area contributed by atoms with Crippen molar-refractivity contribution in [3.05, 3.63) is 41.3 Å². The number of hydrogen-bond donors (Lipinski definition) is 2. The molecule has 0 amide bonds. The maximum atomic E-state index is 12.6. The van der Waals surface area contributed by atoms with Crippen molar-refractivity contribution in [2.24, 2.45) is 0 Å². The molecule has 21 heavy (non-hydrogen) atoms. The number of phenolic OH excluding ortho intramolecular Hbond substituents is 1. The molecule has 0 spiro atoms. The highest BCUT2D eigenvalue weighted by atomic mass is 32.2. The molecule has 0 bridgehead atoms. The van der Waals surface area contributed by atoms with Gasteiger partial charge in [-0.15, -0.1) is 11.3 Å². The van der Waals surface area contributed by atoms with Crippen molar-refractivity contribution in [1.29, 1.82) is 0 Å². The van der Waals surface area contributed by atoms with Crippen LogP contribution in [-0.2, 0) is 10.0 Å². The highest BCUT2D eigenvalue weighted by Crippen LogP contribution is 2.29. The van der Waals surface area contributed by atoms with E-state index in [4.69, 9.17) is 5.11 Å².